The fraction of sp³-hybridized carbons (Fsp3) is 0.231. The maximum absolute atomic E-state index is 14.0. The van der Waals surface area contributed by atoms with Crippen molar-refractivity contribution in [2.75, 3.05) is 17.3 Å². The van der Waals surface area contributed by atoms with Crippen LogP contribution in [-0.2, 0) is 9.59 Å². The molecule has 0 aromatic heterocycles. The zero-order valence-electron chi connectivity index (χ0n) is 18.3. The van der Waals surface area contributed by atoms with Gasteiger partial charge in [0.15, 0.2) is 0 Å². The van der Waals surface area contributed by atoms with Gasteiger partial charge in [-0.1, -0.05) is 18.2 Å². The quantitative estimate of drug-likeness (QED) is 0.566. The number of halogens is 2. The van der Waals surface area contributed by atoms with Crippen LogP contribution in [0, 0.1) is 24.5 Å². The summed E-state index contributed by atoms with van der Waals surface area (Å²) in [5.74, 6) is -1.29. The molecule has 0 bridgehead atoms. The lowest BCUT2D eigenvalue weighted by Gasteiger charge is -2.41. The molecule has 3 aromatic carbocycles. The molecule has 3 aromatic rings. The number of rotatable bonds is 5. The van der Waals surface area contributed by atoms with Gasteiger partial charge in [-0.05, 0) is 73.0 Å². The minimum absolute atomic E-state index is 0.139. The molecular formula is C26H24F2N2O3. The van der Waals surface area contributed by atoms with Gasteiger partial charge >= 0.3 is 0 Å². The van der Waals surface area contributed by atoms with Crippen molar-refractivity contribution in [1.29, 1.82) is 0 Å². The Hall–Kier alpha value is -3.74. The zero-order chi connectivity index (χ0) is 23.5. The average molecular weight is 450 g/mol. The number of amides is 2. The van der Waals surface area contributed by atoms with Crippen LogP contribution in [0.3, 0.4) is 0 Å². The fourth-order valence-electron chi connectivity index (χ4n) is 4.16. The third-order valence-corrected chi connectivity index (χ3v) is 5.94. The molecule has 1 aliphatic rings. The number of ether oxygens (including phenoxy) is 1. The van der Waals surface area contributed by atoms with Crippen molar-refractivity contribution in [1.82, 2.24) is 0 Å². The Balaban J connectivity index is 1.72. The molecule has 0 saturated carbocycles. The number of hydrogen-bond acceptors (Lipinski definition) is 3. The van der Waals surface area contributed by atoms with Gasteiger partial charge in [-0.3, -0.25) is 9.59 Å². The predicted molar refractivity (Wildman–Crippen MR) is 122 cm³/mol. The summed E-state index contributed by atoms with van der Waals surface area (Å²) in [4.78, 5) is 28.0. The normalized spacial score (nSPS) is 18.2. The Bertz CT molecular complexity index is 1160. The number of piperidine rings is 1. The van der Waals surface area contributed by atoms with Crippen molar-refractivity contribution < 1.29 is 23.1 Å². The second-order valence-corrected chi connectivity index (χ2v) is 8.06. The van der Waals surface area contributed by atoms with Crippen molar-refractivity contribution in [2.24, 2.45) is 5.92 Å². The van der Waals surface area contributed by atoms with Crippen LogP contribution in [-0.4, -0.2) is 18.9 Å². The lowest BCUT2D eigenvalue weighted by molar-refractivity contribution is -0.125. The first kappa shape index (κ1) is 22.5. The molecular weight excluding hydrogens is 426 g/mol. The van der Waals surface area contributed by atoms with Crippen molar-refractivity contribution in [2.45, 2.75) is 25.8 Å². The summed E-state index contributed by atoms with van der Waals surface area (Å²) in [6, 6.07) is 16.6. The molecule has 0 aliphatic carbocycles. The molecule has 1 N–H and O–H groups in total. The minimum atomic E-state index is -0.657. The molecule has 170 valence electrons. The number of carbonyl (C=O) groups excluding carboxylic acids is 2. The third kappa shape index (κ3) is 4.72. The van der Waals surface area contributed by atoms with Crippen molar-refractivity contribution in [3.05, 3.63) is 89.5 Å². The number of nitrogens with zero attached hydrogens (tertiary/aromatic N) is 1. The average Bonchev–Trinajstić information content (AvgIpc) is 2.82. The number of hydrogen-bond donors (Lipinski definition) is 1. The van der Waals surface area contributed by atoms with Crippen LogP contribution in [0.4, 0.5) is 20.2 Å². The van der Waals surface area contributed by atoms with Gasteiger partial charge in [0.25, 0.3) is 0 Å². The highest BCUT2D eigenvalue weighted by molar-refractivity contribution is 6.00. The summed E-state index contributed by atoms with van der Waals surface area (Å²) in [6.45, 7) is 1.64. The van der Waals surface area contributed by atoms with E-state index in [0.29, 0.717) is 34.7 Å². The maximum Gasteiger partial charge on any atom is 0.229 e. The summed E-state index contributed by atoms with van der Waals surface area (Å²) in [6.07, 6.45) is 0.484. The van der Waals surface area contributed by atoms with Gasteiger partial charge < -0.3 is 15.0 Å². The summed E-state index contributed by atoms with van der Waals surface area (Å²) >= 11 is 0. The van der Waals surface area contributed by atoms with E-state index in [-0.39, 0.29) is 18.2 Å². The number of nitrogens with one attached hydrogen (secondary N) is 1. The summed E-state index contributed by atoms with van der Waals surface area (Å²) in [5, 5.41) is 2.78. The molecule has 2 atom stereocenters. The van der Waals surface area contributed by atoms with Crippen LogP contribution in [0.2, 0.25) is 0 Å². The Kier molecular flexibility index (Phi) is 6.40. The second kappa shape index (κ2) is 9.40. The summed E-state index contributed by atoms with van der Waals surface area (Å²) in [7, 11) is 1.55. The zero-order valence-corrected chi connectivity index (χ0v) is 18.3. The lowest BCUT2D eigenvalue weighted by atomic mass is 9.83. The summed E-state index contributed by atoms with van der Waals surface area (Å²) in [5.41, 5.74) is 2.06. The minimum Gasteiger partial charge on any atom is -0.497 e. The first-order valence-corrected chi connectivity index (χ1v) is 10.7. The van der Waals surface area contributed by atoms with E-state index in [1.54, 1.807) is 67.5 Å². The van der Waals surface area contributed by atoms with Gasteiger partial charge in [-0.25, -0.2) is 8.78 Å². The highest BCUT2D eigenvalue weighted by Crippen LogP contribution is 2.41. The topological polar surface area (TPSA) is 58.6 Å². The highest BCUT2D eigenvalue weighted by atomic mass is 19.1. The number of benzene rings is 3. The molecule has 1 fully saturated rings. The molecule has 1 saturated heterocycles. The number of aryl methyl sites for hydroxylation is 1. The molecule has 33 heavy (non-hydrogen) atoms. The third-order valence-electron chi connectivity index (χ3n) is 5.94. The van der Waals surface area contributed by atoms with Gasteiger partial charge in [0, 0.05) is 17.8 Å². The number of methoxy groups -OCH3 is 1. The highest BCUT2D eigenvalue weighted by Gasteiger charge is 2.41. The van der Waals surface area contributed by atoms with Crippen LogP contribution in [0.25, 0.3) is 0 Å². The lowest BCUT2D eigenvalue weighted by Crippen LogP contribution is -2.47. The predicted octanol–water partition coefficient (Wildman–Crippen LogP) is 5.40. The molecule has 1 aliphatic heterocycles. The molecule has 4 rings (SSSR count). The van der Waals surface area contributed by atoms with E-state index < -0.39 is 23.6 Å². The van der Waals surface area contributed by atoms with Crippen LogP contribution in [0.15, 0.2) is 66.7 Å². The molecule has 0 spiro atoms. The van der Waals surface area contributed by atoms with E-state index in [1.165, 1.54) is 18.2 Å². The van der Waals surface area contributed by atoms with Gasteiger partial charge in [0.05, 0.1) is 19.1 Å². The summed E-state index contributed by atoms with van der Waals surface area (Å²) < 4.78 is 32.8. The largest absolute Gasteiger partial charge is 0.497 e. The van der Waals surface area contributed by atoms with E-state index >= 15 is 0 Å². The maximum atomic E-state index is 14.0. The van der Waals surface area contributed by atoms with E-state index in [9.17, 15) is 18.4 Å². The van der Waals surface area contributed by atoms with Crippen LogP contribution >= 0.6 is 0 Å². The first-order valence-electron chi connectivity index (χ1n) is 10.7. The first-order chi connectivity index (χ1) is 15.9. The second-order valence-electron chi connectivity index (χ2n) is 8.06. The molecule has 1 heterocycles. The molecule has 2 unspecified atom stereocenters. The Morgan fingerprint density at radius 3 is 2.36 bits per heavy atom. The smallest absolute Gasteiger partial charge is 0.229 e. The standard InChI is InChI=1S/C26H24F2N2O3/c1-16-3-8-19(15-23(16)28)29-26(32)22-13-14-24(31)30(20-9-11-21(33-2)12-10-20)25(22)17-4-6-18(27)7-5-17/h3-12,15,22,25H,13-14H2,1-2H3,(H,29,32). The van der Waals surface area contributed by atoms with Crippen LogP contribution < -0.4 is 15.0 Å². The van der Waals surface area contributed by atoms with Crippen LogP contribution in [0.1, 0.15) is 30.0 Å². The van der Waals surface area contributed by atoms with Crippen molar-refractivity contribution in [3.63, 3.8) is 0 Å². The number of carbonyl (C=O) groups is 2. The Morgan fingerprint density at radius 1 is 1.03 bits per heavy atom. The van der Waals surface area contributed by atoms with E-state index in [2.05, 4.69) is 5.32 Å². The van der Waals surface area contributed by atoms with Gasteiger partial charge in [0.2, 0.25) is 11.8 Å². The monoisotopic (exact) mass is 450 g/mol. The van der Waals surface area contributed by atoms with E-state index in [1.807, 2.05) is 0 Å². The SMILES string of the molecule is COc1ccc(N2C(=O)CCC(C(=O)Nc3ccc(C)c(F)c3)C2c2ccc(F)cc2)cc1. The molecule has 0 radical (unpaired) electrons. The molecule has 5 nitrogen and oxygen atoms in total. The molecule has 2 amide bonds. The number of anilines is 2. The van der Waals surface area contributed by atoms with E-state index in [4.69, 9.17) is 4.74 Å². The van der Waals surface area contributed by atoms with Gasteiger partial charge in [-0.15, -0.1) is 0 Å². The van der Waals surface area contributed by atoms with Crippen molar-refractivity contribution >= 4 is 23.2 Å². The van der Waals surface area contributed by atoms with Crippen LogP contribution in [0.5, 0.6) is 5.75 Å². The molecule has 7 heteroatoms. The van der Waals surface area contributed by atoms with Gasteiger partial charge in [0.1, 0.15) is 17.4 Å². The Labute approximate surface area is 191 Å². The van der Waals surface area contributed by atoms with Crippen molar-refractivity contribution in [3.8, 4) is 5.75 Å². The van der Waals surface area contributed by atoms with Gasteiger partial charge in [-0.2, -0.15) is 0 Å². The van der Waals surface area contributed by atoms with E-state index in [0.717, 1.165) is 0 Å². The fourth-order valence-corrected chi connectivity index (χ4v) is 4.16. The Morgan fingerprint density at radius 2 is 1.73 bits per heavy atom.